The van der Waals surface area contributed by atoms with E-state index in [2.05, 4.69) is 4.90 Å². The minimum absolute atomic E-state index is 0.0641. The number of nitro groups is 1. The van der Waals surface area contributed by atoms with E-state index in [0.717, 1.165) is 24.3 Å². The fourth-order valence-electron chi connectivity index (χ4n) is 3.09. The number of nitro benzene ring substituents is 1. The van der Waals surface area contributed by atoms with Gasteiger partial charge in [-0.3, -0.25) is 14.9 Å². The van der Waals surface area contributed by atoms with Crippen molar-refractivity contribution in [2.24, 2.45) is 0 Å². The lowest BCUT2D eigenvalue weighted by molar-refractivity contribution is -0.384. The van der Waals surface area contributed by atoms with E-state index in [-0.39, 0.29) is 5.69 Å². The summed E-state index contributed by atoms with van der Waals surface area (Å²) < 4.78 is 9.93. The molecule has 11 heteroatoms. The molecule has 3 aromatic rings. The van der Waals surface area contributed by atoms with Gasteiger partial charge in [0.05, 0.1) is 30.5 Å². The van der Waals surface area contributed by atoms with Crippen LogP contribution in [0.5, 0.6) is 11.5 Å². The predicted octanol–water partition coefficient (Wildman–Crippen LogP) is 5.54. The average molecular weight is 557 g/mol. The molecule has 0 bridgehead atoms. The van der Waals surface area contributed by atoms with Gasteiger partial charge in [-0.25, -0.2) is 0 Å². The van der Waals surface area contributed by atoms with Gasteiger partial charge in [0.25, 0.3) is 5.69 Å². The highest BCUT2D eigenvalue weighted by atomic mass is 16.6. The van der Waals surface area contributed by atoms with E-state index >= 15 is 0 Å². The highest BCUT2D eigenvalue weighted by molar-refractivity contribution is 5.78. The van der Waals surface area contributed by atoms with Crippen molar-refractivity contribution in [3.8, 4) is 11.5 Å². The number of nitrogens with two attached hydrogens (primary N) is 4. The Morgan fingerprint density at radius 2 is 1.27 bits per heavy atom. The van der Waals surface area contributed by atoms with Gasteiger partial charge in [-0.05, 0) is 42.8 Å². The van der Waals surface area contributed by atoms with E-state index in [4.69, 9.17) is 32.4 Å². The van der Waals surface area contributed by atoms with Crippen LogP contribution in [-0.4, -0.2) is 38.5 Å². The van der Waals surface area contributed by atoms with Gasteiger partial charge in [0.15, 0.2) is 0 Å². The smallest absolute Gasteiger partial charge is 0.269 e. The zero-order valence-electron chi connectivity index (χ0n) is 24.3. The molecule has 3 aromatic carbocycles. The molecule has 40 heavy (non-hydrogen) atoms. The van der Waals surface area contributed by atoms with Crippen LogP contribution < -0.4 is 37.3 Å². The summed E-state index contributed by atoms with van der Waals surface area (Å²) >= 11 is 0. The molecule has 3 rings (SSSR count). The number of carbonyl (C=O) groups excluding carboxylic acids is 1. The predicted molar refractivity (Wildman–Crippen MR) is 166 cm³/mol. The van der Waals surface area contributed by atoms with Gasteiger partial charge in [0.2, 0.25) is 0 Å². The van der Waals surface area contributed by atoms with Crippen molar-refractivity contribution >= 4 is 39.9 Å². The molecular weight excluding hydrogens is 512 g/mol. The number of methoxy groups -OCH3 is 2. The third-order valence-corrected chi connectivity index (χ3v) is 5.36. The fourth-order valence-corrected chi connectivity index (χ4v) is 3.09. The maximum atomic E-state index is 11.1. The summed E-state index contributed by atoms with van der Waals surface area (Å²) in [5, 5.41) is 10.1. The minimum atomic E-state index is -0.459. The fraction of sp³-hybridized carbons (Fsp3) is 0.345. The van der Waals surface area contributed by atoms with Crippen molar-refractivity contribution in [1.82, 2.24) is 0 Å². The van der Waals surface area contributed by atoms with Crippen LogP contribution in [0.4, 0.5) is 34.1 Å². The van der Waals surface area contributed by atoms with Gasteiger partial charge in [-0.1, -0.05) is 20.8 Å². The Bertz CT molecular complexity index is 1130. The van der Waals surface area contributed by atoms with Crippen molar-refractivity contribution in [1.29, 1.82) is 0 Å². The number of carbonyl (C=O) groups is 1. The lowest BCUT2D eigenvalue weighted by Gasteiger charge is -2.19. The van der Waals surface area contributed by atoms with Crippen LogP contribution in [0.15, 0.2) is 60.7 Å². The molecule has 0 saturated heterocycles. The number of nitrogens with zero attached hydrogens (tertiary/aromatic N) is 2. The van der Waals surface area contributed by atoms with Crippen LogP contribution >= 0.6 is 0 Å². The van der Waals surface area contributed by atoms with Crippen molar-refractivity contribution < 1.29 is 19.2 Å². The summed E-state index contributed by atoms with van der Waals surface area (Å²) in [4.78, 5) is 22.9. The second kappa shape index (κ2) is 19.4. The number of Topliss-reactive ketones (excluding diaryl/α,β-unsaturated/α-hetero) is 1. The Balaban J connectivity index is 0.000000567. The molecule has 8 N–H and O–H groups in total. The SMILES string of the molecule is CC.CCC(=O)CCCN(C)c1ccc(N)cc1.COc1cc(N)c(OC)cc1N.Nc1ccc([N+](=O)[O-])cc1. The zero-order chi connectivity index (χ0) is 30.7. The second-order valence-electron chi connectivity index (χ2n) is 8.19. The first-order chi connectivity index (χ1) is 19.0. The van der Waals surface area contributed by atoms with Gasteiger partial charge in [0, 0.05) is 67.8 Å². The minimum Gasteiger partial charge on any atom is -0.495 e. The summed E-state index contributed by atoms with van der Waals surface area (Å²) in [5.74, 6) is 1.47. The molecule has 0 unspecified atom stereocenters. The number of hydrogen-bond acceptors (Lipinski definition) is 10. The number of ketones is 1. The Labute approximate surface area is 237 Å². The molecule has 0 saturated carbocycles. The Morgan fingerprint density at radius 1 is 0.850 bits per heavy atom. The molecule has 0 aliphatic carbocycles. The van der Waals surface area contributed by atoms with Gasteiger partial charge >= 0.3 is 0 Å². The molecule has 0 heterocycles. The third kappa shape index (κ3) is 13.2. The highest BCUT2D eigenvalue weighted by Gasteiger charge is 2.05. The molecule has 0 aliphatic rings. The molecule has 0 aliphatic heterocycles. The Kier molecular flexibility index (Phi) is 17.1. The van der Waals surface area contributed by atoms with Crippen LogP contribution in [0.3, 0.4) is 0 Å². The Hall–Kier alpha value is -4.67. The first kappa shape index (κ1) is 35.3. The summed E-state index contributed by atoms with van der Waals surface area (Å²) in [5.41, 5.74) is 25.7. The number of anilines is 5. The van der Waals surface area contributed by atoms with Crippen LogP contribution in [0, 0.1) is 10.1 Å². The number of ether oxygens (including phenoxy) is 2. The van der Waals surface area contributed by atoms with Crippen molar-refractivity contribution in [2.75, 3.05) is 55.6 Å². The number of benzene rings is 3. The molecule has 220 valence electrons. The third-order valence-electron chi connectivity index (χ3n) is 5.36. The van der Waals surface area contributed by atoms with Crippen LogP contribution in [0.25, 0.3) is 0 Å². The summed E-state index contributed by atoms with van der Waals surface area (Å²) in [6, 6.07) is 16.8. The molecule has 0 fully saturated rings. The van der Waals surface area contributed by atoms with E-state index in [1.807, 2.05) is 52.1 Å². The second-order valence-corrected chi connectivity index (χ2v) is 8.19. The number of non-ortho nitro benzene ring substituents is 1. The monoisotopic (exact) mass is 556 g/mol. The summed E-state index contributed by atoms with van der Waals surface area (Å²) in [6.07, 6.45) is 2.23. The zero-order valence-corrected chi connectivity index (χ0v) is 24.3. The quantitative estimate of drug-likeness (QED) is 0.148. The molecular formula is C29H44N6O5. The first-order valence-corrected chi connectivity index (χ1v) is 12.9. The van der Waals surface area contributed by atoms with E-state index < -0.39 is 4.92 Å². The van der Waals surface area contributed by atoms with Gasteiger partial charge < -0.3 is 37.3 Å². The summed E-state index contributed by atoms with van der Waals surface area (Å²) in [6.45, 7) is 6.81. The molecule has 0 aromatic heterocycles. The molecule has 0 amide bonds. The van der Waals surface area contributed by atoms with Gasteiger partial charge in [0.1, 0.15) is 17.3 Å². The topological polar surface area (TPSA) is 186 Å². The standard InChI is InChI=1S/C13H20N2O.C8H12N2O2.C6H6N2O2.C2H6/c1-3-13(16)5-4-10-15(2)12-8-6-11(14)7-9-12;1-11-7-3-6(10)8(12-2)4-5(7)9;7-5-1-3-6(4-2-5)8(9)10;1-2/h6-9H,3-5,10,14H2,1-2H3;3-4H,9-10H2,1-2H3;1-4H,7H2;1-2H3. The lowest BCUT2D eigenvalue weighted by Crippen LogP contribution is -2.19. The average Bonchev–Trinajstić information content (AvgIpc) is 2.96. The molecule has 0 spiro atoms. The van der Waals surface area contributed by atoms with E-state index in [1.165, 1.54) is 38.5 Å². The van der Waals surface area contributed by atoms with E-state index in [9.17, 15) is 14.9 Å². The number of rotatable bonds is 9. The maximum Gasteiger partial charge on any atom is 0.269 e. The van der Waals surface area contributed by atoms with Gasteiger partial charge in [-0.2, -0.15) is 0 Å². The van der Waals surface area contributed by atoms with Crippen LogP contribution in [0.1, 0.15) is 40.0 Å². The van der Waals surface area contributed by atoms with Crippen LogP contribution in [0.2, 0.25) is 0 Å². The number of nitrogen functional groups attached to an aromatic ring is 4. The molecule has 0 radical (unpaired) electrons. The Morgan fingerprint density at radius 3 is 1.65 bits per heavy atom. The first-order valence-electron chi connectivity index (χ1n) is 12.9. The van der Waals surface area contributed by atoms with Crippen molar-refractivity contribution in [3.63, 3.8) is 0 Å². The van der Waals surface area contributed by atoms with Crippen LogP contribution in [-0.2, 0) is 4.79 Å². The normalized spacial score (nSPS) is 9.35. The van der Waals surface area contributed by atoms with E-state index in [1.54, 1.807) is 12.1 Å². The largest absolute Gasteiger partial charge is 0.495 e. The van der Waals surface area contributed by atoms with Gasteiger partial charge in [-0.15, -0.1) is 0 Å². The van der Waals surface area contributed by atoms with Crippen molar-refractivity contribution in [2.45, 2.75) is 40.0 Å². The van der Waals surface area contributed by atoms with Crippen molar-refractivity contribution in [3.05, 3.63) is 70.8 Å². The van der Waals surface area contributed by atoms with E-state index in [0.29, 0.717) is 47.2 Å². The number of hydrogen-bond donors (Lipinski definition) is 4. The maximum absolute atomic E-state index is 11.1. The molecule has 0 atom stereocenters. The lowest BCUT2D eigenvalue weighted by atomic mass is 10.1. The summed E-state index contributed by atoms with van der Waals surface area (Å²) in [7, 11) is 5.11. The highest BCUT2D eigenvalue weighted by Crippen LogP contribution is 2.32. The molecule has 11 nitrogen and oxygen atoms in total.